The van der Waals surface area contributed by atoms with Crippen LogP contribution in [0.2, 0.25) is 0 Å². The Morgan fingerprint density at radius 1 is 1.42 bits per heavy atom. The number of aryl methyl sites for hydroxylation is 1. The fourth-order valence-corrected chi connectivity index (χ4v) is 3.90. The molecule has 1 aliphatic heterocycles. The second-order valence-electron chi connectivity index (χ2n) is 5.98. The molecule has 0 radical (unpaired) electrons. The number of amides is 2. The van der Waals surface area contributed by atoms with E-state index in [1.54, 1.807) is 0 Å². The molecule has 1 aromatic carbocycles. The van der Waals surface area contributed by atoms with Crippen LogP contribution in [-0.2, 0) is 20.8 Å². The number of nitrogens with one attached hydrogen (secondary N) is 1. The number of carboxylic acid groups (broad SMARTS) is 1. The number of hydrogen-bond acceptors (Lipinski definition) is 4. The third-order valence-corrected chi connectivity index (χ3v) is 5.04. The Morgan fingerprint density at radius 2 is 2.17 bits per heavy atom. The first-order chi connectivity index (χ1) is 11.4. The molecule has 0 spiro atoms. The molecule has 1 saturated heterocycles. The number of thioether (sulfide) groups is 1. The lowest BCUT2D eigenvalue weighted by Gasteiger charge is -2.22. The fraction of sp³-hybridized carbons (Fsp3) is 0.471. The highest BCUT2D eigenvalue weighted by Gasteiger charge is 2.33. The van der Waals surface area contributed by atoms with Gasteiger partial charge in [-0.1, -0.05) is 29.8 Å². The van der Waals surface area contributed by atoms with Crippen molar-refractivity contribution < 1.29 is 19.5 Å². The number of benzene rings is 1. The maximum absolute atomic E-state index is 12.3. The molecule has 1 aromatic rings. The molecule has 2 amide bonds. The highest BCUT2D eigenvalue weighted by atomic mass is 32.2. The van der Waals surface area contributed by atoms with Crippen LogP contribution in [-0.4, -0.2) is 52.0 Å². The van der Waals surface area contributed by atoms with E-state index in [1.165, 1.54) is 23.6 Å². The number of nitrogens with zero attached hydrogens (tertiary/aromatic N) is 1. The lowest BCUT2D eigenvalue weighted by Crippen LogP contribution is -2.48. The smallest absolute Gasteiger partial charge is 0.308 e. The summed E-state index contributed by atoms with van der Waals surface area (Å²) in [5.74, 6) is -1.03. The van der Waals surface area contributed by atoms with Gasteiger partial charge in [-0.05, 0) is 18.9 Å². The summed E-state index contributed by atoms with van der Waals surface area (Å²) in [7, 11) is 0. The molecule has 24 heavy (non-hydrogen) atoms. The van der Waals surface area contributed by atoms with Gasteiger partial charge in [0, 0.05) is 19.2 Å². The Kier molecular flexibility index (Phi) is 6.25. The van der Waals surface area contributed by atoms with Crippen LogP contribution in [0.3, 0.4) is 0 Å². The van der Waals surface area contributed by atoms with Gasteiger partial charge in [0.1, 0.15) is 6.04 Å². The van der Waals surface area contributed by atoms with Crippen molar-refractivity contribution in [1.82, 2.24) is 10.2 Å². The SMILES string of the molecule is CC(=O)N1CSC[C@H]1C(=O)NC[C@@H](Cc1cccc(C)c1)C(=O)O. The van der Waals surface area contributed by atoms with Crippen molar-refractivity contribution in [3.8, 4) is 0 Å². The van der Waals surface area contributed by atoms with Gasteiger partial charge in [0.05, 0.1) is 11.8 Å². The topological polar surface area (TPSA) is 86.7 Å². The Balaban J connectivity index is 1.95. The van der Waals surface area contributed by atoms with Gasteiger partial charge in [-0.25, -0.2) is 0 Å². The molecule has 0 saturated carbocycles. The average Bonchev–Trinajstić information content (AvgIpc) is 3.00. The monoisotopic (exact) mass is 350 g/mol. The molecule has 1 aliphatic rings. The summed E-state index contributed by atoms with van der Waals surface area (Å²) in [5, 5.41) is 12.1. The van der Waals surface area contributed by atoms with Crippen molar-refractivity contribution in [2.24, 2.45) is 5.92 Å². The number of carboxylic acids is 1. The van der Waals surface area contributed by atoms with E-state index in [4.69, 9.17) is 0 Å². The molecule has 2 atom stereocenters. The van der Waals surface area contributed by atoms with E-state index in [-0.39, 0.29) is 18.4 Å². The standard InChI is InChI=1S/C17H22N2O4S/c1-11-4-3-5-13(6-11)7-14(17(22)23)8-18-16(21)15-9-24-10-19(15)12(2)20/h3-6,14-15H,7-10H2,1-2H3,(H,18,21)(H,22,23)/t14-,15+/m1/s1. The molecule has 0 bridgehead atoms. The largest absolute Gasteiger partial charge is 0.481 e. The van der Waals surface area contributed by atoms with E-state index in [2.05, 4.69) is 5.32 Å². The predicted molar refractivity (Wildman–Crippen MR) is 92.7 cm³/mol. The van der Waals surface area contributed by atoms with Gasteiger partial charge in [0.15, 0.2) is 0 Å². The fourth-order valence-electron chi connectivity index (χ4n) is 2.68. The van der Waals surface area contributed by atoms with Crippen molar-refractivity contribution in [3.05, 3.63) is 35.4 Å². The minimum absolute atomic E-state index is 0.0506. The maximum Gasteiger partial charge on any atom is 0.308 e. The second-order valence-corrected chi connectivity index (χ2v) is 6.98. The van der Waals surface area contributed by atoms with Gasteiger partial charge >= 0.3 is 5.97 Å². The van der Waals surface area contributed by atoms with E-state index in [9.17, 15) is 19.5 Å². The van der Waals surface area contributed by atoms with E-state index >= 15 is 0 Å². The minimum Gasteiger partial charge on any atom is -0.481 e. The van der Waals surface area contributed by atoms with Crippen LogP contribution < -0.4 is 5.32 Å². The van der Waals surface area contributed by atoms with Crippen LogP contribution in [0.5, 0.6) is 0 Å². The summed E-state index contributed by atoms with van der Waals surface area (Å²) in [5.41, 5.74) is 2.00. The lowest BCUT2D eigenvalue weighted by molar-refractivity contribution is -0.142. The Hall–Kier alpha value is -2.02. The molecule has 6 nitrogen and oxygen atoms in total. The Bertz CT molecular complexity index is 635. The highest BCUT2D eigenvalue weighted by Crippen LogP contribution is 2.21. The molecule has 0 unspecified atom stereocenters. The summed E-state index contributed by atoms with van der Waals surface area (Å²) in [4.78, 5) is 36.8. The van der Waals surface area contributed by atoms with Gasteiger partial charge in [-0.15, -0.1) is 11.8 Å². The first kappa shape index (κ1) is 18.3. The van der Waals surface area contributed by atoms with E-state index in [0.717, 1.165) is 11.1 Å². The van der Waals surface area contributed by atoms with Crippen LogP contribution in [0.4, 0.5) is 0 Å². The Morgan fingerprint density at radius 3 is 2.79 bits per heavy atom. The lowest BCUT2D eigenvalue weighted by atomic mass is 9.98. The zero-order valence-electron chi connectivity index (χ0n) is 13.8. The van der Waals surface area contributed by atoms with Crippen LogP contribution in [0.25, 0.3) is 0 Å². The number of carbonyl (C=O) groups is 3. The van der Waals surface area contributed by atoms with Crippen LogP contribution in [0.1, 0.15) is 18.1 Å². The molecule has 130 valence electrons. The van der Waals surface area contributed by atoms with Crippen LogP contribution in [0.15, 0.2) is 24.3 Å². The van der Waals surface area contributed by atoms with Gasteiger partial charge < -0.3 is 15.3 Å². The average molecular weight is 350 g/mol. The Labute approximate surface area is 145 Å². The number of rotatable bonds is 6. The summed E-state index contributed by atoms with van der Waals surface area (Å²) < 4.78 is 0. The molecule has 0 aromatic heterocycles. The number of carbonyl (C=O) groups excluding carboxylic acids is 2. The minimum atomic E-state index is -0.943. The van der Waals surface area contributed by atoms with Gasteiger partial charge in [0.2, 0.25) is 11.8 Å². The van der Waals surface area contributed by atoms with Crippen LogP contribution >= 0.6 is 11.8 Å². The second kappa shape index (κ2) is 8.19. The van der Waals surface area contributed by atoms with Crippen molar-refractivity contribution >= 4 is 29.5 Å². The summed E-state index contributed by atoms with van der Waals surface area (Å²) in [6, 6.07) is 7.16. The van der Waals surface area contributed by atoms with Crippen LogP contribution in [0, 0.1) is 12.8 Å². The molecule has 1 fully saturated rings. The molecule has 7 heteroatoms. The molecule has 1 heterocycles. The first-order valence-corrected chi connectivity index (χ1v) is 8.95. The van der Waals surface area contributed by atoms with Crippen molar-refractivity contribution in [2.75, 3.05) is 18.2 Å². The van der Waals surface area contributed by atoms with Crippen molar-refractivity contribution in [2.45, 2.75) is 26.3 Å². The third-order valence-electron chi connectivity index (χ3n) is 4.03. The normalized spacial score (nSPS) is 18.2. The first-order valence-electron chi connectivity index (χ1n) is 7.79. The number of aliphatic carboxylic acids is 1. The van der Waals surface area contributed by atoms with E-state index in [0.29, 0.717) is 18.1 Å². The zero-order valence-corrected chi connectivity index (χ0v) is 14.6. The third kappa shape index (κ3) is 4.74. The quantitative estimate of drug-likeness (QED) is 0.807. The summed E-state index contributed by atoms with van der Waals surface area (Å²) in [6.45, 7) is 3.44. The highest BCUT2D eigenvalue weighted by molar-refractivity contribution is 7.99. The molecule has 2 rings (SSSR count). The maximum atomic E-state index is 12.3. The van der Waals surface area contributed by atoms with Gasteiger partial charge in [-0.2, -0.15) is 0 Å². The molecular formula is C17H22N2O4S. The zero-order chi connectivity index (χ0) is 17.7. The van der Waals surface area contributed by atoms with Crippen molar-refractivity contribution in [3.63, 3.8) is 0 Å². The predicted octanol–water partition coefficient (Wildman–Crippen LogP) is 1.28. The van der Waals surface area contributed by atoms with Gasteiger partial charge in [0.25, 0.3) is 0 Å². The molecule has 0 aliphatic carbocycles. The summed E-state index contributed by atoms with van der Waals surface area (Å²) in [6.07, 6.45) is 0.354. The molecule has 2 N–H and O–H groups in total. The number of hydrogen-bond donors (Lipinski definition) is 2. The van der Waals surface area contributed by atoms with E-state index in [1.807, 2.05) is 31.2 Å². The van der Waals surface area contributed by atoms with Gasteiger partial charge in [-0.3, -0.25) is 14.4 Å². The van der Waals surface area contributed by atoms with E-state index < -0.39 is 17.9 Å². The van der Waals surface area contributed by atoms with Crippen molar-refractivity contribution in [1.29, 1.82) is 0 Å². The summed E-state index contributed by atoms with van der Waals surface area (Å²) >= 11 is 1.52. The molecular weight excluding hydrogens is 328 g/mol.